The van der Waals surface area contributed by atoms with Crippen LogP contribution in [-0.4, -0.2) is 55.9 Å². The third-order valence-corrected chi connectivity index (χ3v) is 3.83. The van der Waals surface area contributed by atoms with Crippen molar-refractivity contribution in [1.82, 2.24) is 10.2 Å². The van der Waals surface area contributed by atoms with Crippen LogP contribution in [0.3, 0.4) is 0 Å². The van der Waals surface area contributed by atoms with Gasteiger partial charge in [0.05, 0.1) is 6.61 Å². The molecule has 1 atom stereocenters. The molecule has 0 aromatic heterocycles. The average molecular weight is 227 g/mol. The highest BCUT2D eigenvalue weighted by Crippen LogP contribution is 2.17. The first-order valence-corrected chi connectivity index (χ1v) is 6.49. The van der Waals surface area contributed by atoms with Gasteiger partial charge in [0.2, 0.25) is 0 Å². The van der Waals surface area contributed by atoms with Crippen LogP contribution in [0.5, 0.6) is 0 Å². The SMILES string of the molecule is CC1(NCCN2CCC(N)CC2)CCOC1. The quantitative estimate of drug-likeness (QED) is 0.719. The van der Waals surface area contributed by atoms with Gasteiger partial charge in [0.25, 0.3) is 0 Å². The van der Waals surface area contributed by atoms with Gasteiger partial charge < -0.3 is 20.7 Å². The first-order valence-electron chi connectivity index (χ1n) is 6.49. The number of nitrogens with zero attached hydrogens (tertiary/aromatic N) is 1. The van der Waals surface area contributed by atoms with Gasteiger partial charge in [0.1, 0.15) is 0 Å². The summed E-state index contributed by atoms with van der Waals surface area (Å²) in [6.45, 7) is 8.55. The van der Waals surface area contributed by atoms with Gasteiger partial charge in [-0.2, -0.15) is 0 Å². The maximum atomic E-state index is 5.89. The summed E-state index contributed by atoms with van der Waals surface area (Å²) >= 11 is 0. The fraction of sp³-hybridized carbons (Fsp3) is 1.00. The largest absolute Gasteiger partial charge is 0.379 e. The Morgan fingerprint density at radius 2 is 2.19 bits per heavy atom. The highest BCUT2D eigenvalue weighted by molar-refractivity contribution is 4.87. The molecule has 0 radical (unpaired) electrons. The van der Waals surface area contributed by atoms with E-state index < -0.39 is 0 Å². The molecule has 2 rings (SSSR count). The summed E-state index contributed by atoms with van der Waals surface area (Å²) in [6.07, 6.45) is 3.44. The second kappa shape index (κ2) is 5.45. The monoisotopic (exact) mass is 227 g/mol. The molecule has 94 valence electrons. The van der Waals surface area contributed by atoms with Crippen LogP contribution in [0.15, 0.2) is 0 Å². The third-order valence-electron chi connectivity index (χ3n) is 3.83. The lowest BCUT2D eigenvalue weighted by Crippen LogP contribution is -2.48. The number of nitrogens with one attached hydrogen (secondary N) is 1. The van der Waals surface area contributed by atoms with E-state index in [0.717, 1.165) is 58.7 Å². The van der Waals surface area contributed by atoms with Crippen molar-refractivity contribution in [3.8, 4) is 0 Å². The molecule has 0 bridgehead atoms. The summed E-state index contributed by atoms with van der Waals surface area (Å²) in [4.78, 5) is 2.51. The van der Waals surface area contributed by atoms with Gasteiger partial charge in [-0.3, -0.25) is 0 Å². The van der Waals surface area contributed by atoms with E-state index in [1.165, 1.54) is 0 Å². The van der Waals surface area contributed by atoms with Crippen molar-refractivity contribution in [2.24, 2.45) is 5.73 Å². The van der Waals surface area contributed by atoms with Crippen molar-refractivity contribution in [1.29, 1.82) is 0 Å². The van der Waals surface area contributed by atoms with Crippen LogP contribution in [-0.2, 0) is 4.74 Å². The van der Waals surface area contributed by atoms with E-state index in [1.54, 1.807) is 0 Å². The molecule has 0 aliphatic carbocycles. The van der Waals surface area contributed by atoms with Gasteiger partial charge in [-0.15, -0.1) is 0 Å². The molecular formula is C12H25N3O. The molecule has 2 saturated heterocycles. The van der Waals surface area contributed by atoms with Crippen LogP contribution < -0.4 is 11.1 Å². The Morgan fingerprint density at radius 1 is 1.44 bits per heavy atom. The Balaban J connectivity index is 1.61. The van der Waals surface area contributed by atoms with E-state index in [-0.39, 0.29) is 5.54 Å². The van der Waals surface area contributed by atoms with E-state index in [1.807, 2.05) is 0 Å². The van der Waals surface area contributed by atoms with Gasteiger partial charge >= 0.3 is 0 Å². The minimum absolute atomic E-state index is 0.214. The molecule has 0 aromatic carbocycles. The standard InChI is InChI=1S/C12H25N3O/c1-12(4-9-16-10-12)14-5-8-15-6-2-11(13)3-7-15/h11,14H,2-10,13H2,1H3. The molecule has 2 aliphatic heterocycles. The lowest BCUT2D eigenvalue weighted by molar-refractivity contribution is 0.165. The lowest BCUT2D eigenvalue weighted by Gasteiger charge is -2.31. The number of nitrogens with two attached hydrogens (primary N) is 1. The number of hydrogen-bond acceptors (Lipinski definition) is 4. The second-order valence-corrected chi connectivity index (χ2v) is 5.47. The molecule has 16 heavy (non-hydrogen) atoms. The van der Waals surface area contributed by atoms with E-state index in [2.05, 4.69) is 17.1 Å². The van der Waals surface area contributed by atoms with Gasteiger partial charge in [-0.1, -0.05) is 0 Å². The van der Waals surface area contributed by atoms with Crippen LogP contribution in [0.2, 0.25) is 0 Å². The first kappa shape index (κ1) is 12.3. The summed E-state index contributed by atoms with van der Waals surface area (Å²) < 4.78 is 5.42. The average Bonchev–Trinajstić information content (AvgIpc) is 2.69. The summed E-state index contributed by atoms with van der Waals surface area (Å²) in [5, 5.41) is 3.62. The van der Waals surface area contributed by atoms with Crippen molar-refractivity contribution < 1.29 is 4.74 Å². The Hall–Kier alpha value is -0.160. The summed E-state index contributed by atoms with van der Waals surface area (Å²) in [5.74, 6) is 0. The molecule has 4 nitrogen and oxygen atoms in total. The first-order chi connectivity index (χ1) is 7.68. The molecule has 1 unspecified atom stereocenters. The van der Waals surface area contributed by atoms with Crippen molar-refractivity contribution in [2.45, 2.75) is 37.8 Å². The normalized spacial score (nSPS) is 33.4. The molecule has 2 heterocycles. The maximum absolute atomic E-state index is 5.89. The molecule has 0 amide bonds. The smallest absolute Gasteiger partial charge is 0.0646 e. The molecule has 0 aromatic rings. The molecule has 2 aliphatic rings. The maximum Gasteiger partial charge on any atom is 0.0646 e. The molecule has 2 fully saturated rings. The Kier molecular flexibility index (Phi) is 4.19. The van der Waals surface area contributed by atoms with Crippen LogP contribution in [0.25, 0.3) is 0 Å². The summed E-state index contributed by atoms with van der Waals surface area (Å²) in [7, 11) is 0. The van der Waals surface area contributed by atoms with Crippen molar-refractivity contribution in [3.63, 3.8) is 0 Å². The van der Waals surface area contributed by atoms with Crippen molar-refractivity contribution in [2.75, 3.05) is 39.4 Å². The Morgan fingerprint density at radius 3 is 2.81 bits per heavy atom. The molecule has 4 heteroatoms. The highest BCUT2D eigenvalue weighted by Gasteiger charge is 2.28. The third kappa shape index (κ3) is 3.42. The number of ether oxygens (including phenoxy) is 1. The van der Waals surface area contributed by atoms with Crippen LogP contribution >= 0.6 is 0 Å². The van der Waals surface area contributed by atoms with Crippen LogP contribution in [0.1, 0.15) is 26.2 Å². The zero-order valence-electron chi connectivity index (χ0n) is 10.4. The second-order valence-electron chi connectivity index (χ2n) is 5.47. The van der Waals surface area contributed by atoms with Crippen LogP contribution in [0, 0.1) is 0 Å². The van der Waals surface area contributed by atoms with Crippen LogP contribution in [0.4, 0.5) is 0 Å². The molecular weight excluding hydrogens is 202 g/mol. The zero-order chi connectivity index (χ0) is 11.4. The number of piperidine rings is 1. The Bertz CT molecular complexity index is 208. The summed E-state index contributed by atoms with van der Waals surface area (Å²) in [6, 6.07) is 0.435. The predicted molar refractivity (Wildman–Crippen MR) is 65.5 cm³/mol. The Labute approximate surface area is 98.5 Å². The minimum Gasteiger partial charge on any atom is -0.379 e. The van der Waals surface area contributed by atoms with E-state index in [4.69, 9.17) is 10.5 Å². The van der Waals surface area contributed by atoms with Gasteiger partial charge in [0.15, 0.2) is 0 Å². The molecule has 0 saturated carbocycles. The number of hydrogen-bond donors (Lipinski definition) is 2. The number of rotatable bonds is 4. The van der Waals surface area contributed by atoms with Crippen molar-refractivity contribution in [3.05, 3.63) is 0 Å². The van der Waals surface area contributed by atoms with E-state index >= 15 is 0 Å². The molecule has 3 N–H and O–H groups in total. The predicted octanol–water partition coefficient (Wildman–Crippen LogP) is 0.178. The minimum atomic E-state index is 0.214. The topological polar surface area (TPSA) is 50.5 Å². The lowest BCUT2D eigenvalue weighted by atomic mass is 10.0. The van der Waals surface area contributed by atoms with Gasteiger partial charge in [-0.05, 0) is 39.3 Å². The summed E-state index contributed by atoms with van der Waals surface area (Å²) in [5.41, 5.74) is 6.10. The zero-order valence-corrected chi connectivity index (χ0v) is 10.4. The van der Waals surface area contributed by atoms with Crippen molar-refractivity contribution >= 4 is 0 Å². The van der Waals surface area contributed by atoms with Gasteiger partial charge in [-0.25, -0.2) is 0 Å². The van der Waals surface area contributed by atoms with E-state index in [9.17, 15) is 0 Å². The fourth-order valence-electron chi connectivity index (χ4n) is 2.50. The number of likely N-dealkylation sites (tertiary alicyclic amines) is 1. The highest BCUT2D eigenvalue weighted by atomic mass is 16.5. The molecule has 0 spiro atoms. The van der Waals surface area contributed by atoms with Gasteiger partial charge in [0, 0.05) is 31.3 Å². The van der Waals surface area contributed by atoms with E-state index in [0.29, 0.717) is 6.04 Å². The fourth-order valence-corrected chi connectivity index (χ4v) is 2.50.